The zero-order valence-corrected chi connectivity index (χ0v) is 13.0. The van der Waals surface area contributed by atoms with Crippen LogP contribution >= 0.6 is 0 Å². The van der Waals surface area contributed by atoms with E-state index in [1.807, 2.05) is 27.7 Å². The lowest BCUT2D eigenvalue weighted by Gasteiger charge is -2.26. The first-order valence-electron chi connectivity index (χ1n) is 7.41. The van der Waals surface area contributed by atoms with Crippen LogP contribution in [0.5, 0.6) is 0 Å². The topological polar surface area (TPSA) is 51.4 Å². The highest BCUT2D eigenvalue weighted by Crippen LogP contribution is 2.36. The molecule has 1 aliphatic heterocycles. The second-order valence-corrected chi connectivity index (χ2v) is 6.21. The summed E-state index contributed by atoms with van der Waals surface area (Å²) in [5.41, 5.74) is -0.377. The third-order valence-electron chi connectivity index (χ3n) is 3.78. The van der Waals surface area contributed by atoms with Gasteiger partial charge >= 0.3 is 5.97 Å². The van der Waals surface area contributed by atoms with E-state index in [0.29, 0.717) is 0 Å². The van der Waals surface area contributed by atoms with Crippen molar-refractivity contribution < 1.29 is 19.3 Å². The number of unbranched alkanes of at least 4 members (excludes halogenated alkanes) is 1. The summed E-state index contributed by atoms with van der Waals surface area (Å²) in [7, 11) is 0. The van der Waals surface area contributed by atoms with Gasteiger partial charge in [-0.2, -0.15) is 9.78 Å². The van der Waals surface area contributed by atoms with E-state index in [1.165, 1.54) is 0 Å². The molecule has 1 unspecified atom stereocenters. The predicted octanol–water partition coefficient (Wildman–Crippen LogP) is 3.98. The largest absolute Gasteiger partial charge is 0.459 e. The average molecular weight is 272 g/mol. The Labute approximate surface area is 116 Å². The molecule has 19 heavy (non-hydrogen) atoms. The zero-order valence-electron chi connectivity index (χ0n) is 13.0. The van der Waals surface area contributed by atoms with Crippen LogP contribution in [0.3, 0.4) is 0 Å². The minimum atomic E-state index is -0.467. The van der Waals surface area contributed by atoms with Crippen LogP contribution in [0.1, 0.15) is 73.1 Å². The van der Waals surface area contributed by atoms with Crippen molar-refractivity contribution in [3.8, 4) is 0 Å². The molecule has 0 aliphatic carbocycles. The van der Waals surface area contributed by atoms with Gasteiger partial charge in [0.1, 0.15) is 5.60 Å². The number of hydrogen-bond acceptors (Lipinski definition) is 4. The molecule has 0 saturated carbocycles. The lowest BCUT2D eigenvalue weighted by molar-refractivity contribution is -0.162. The molecule has 0 aromatic rings. The van der Waals surface area contributed by atoms with Crippen molar-refractivity contribution in [1.29, 1.82) is 0 Å². The van der Waals surface area contributed by atoms with E-state index in [-0.39, 0.29) is 17.5 Å². The molecule has 4 nitrogen and oxygen atoms in total. The summed E-state index contributed by atoms with van der Waals surface area (Å²) in [5, 5.41) is 0. The Morgan fingerprint density at radius 3 is 2.37 bits per heavy atom. The highest BCUT2D eigenvalue weighted by Gasteiger charge is 2.44. The molecular formula is C15H28O4. The molecule has 1 fully saturated rings. The molecule has 0 amide bonds. The maximum atomic E-state index is 12.3. The number of carbonyl (C=O) groups is 1. The predicted molar refractivity (Wildman–Crippen MR) is 73.3 cm³/mol. The summed E-state index contributed by atoms with van der Waals surface area (Å²) in [6.45, 7) is 9.96. The van der Waals surface area contributed by atoms with Crippen molar-refractivity contribution in [3.63, 3.8) is 0 Å². The van der Waals surface area contributed by atoms with E-state index >= 15 is 0 Å². The van der Waals surface area contributed by atoms with E-state index in [0.717, 1.165) is 38.5 Å². The van der Waals surface area contributed by atoms with Crippen LogP contribution in [-0.2, 0) is 19.3 Å². The monoisotopic (exact) mass is 272 g/mol. The molecule has 0 spiro atoms. The molecule has 0 radical (unpaired) electrons. The molecule has 1 rings (SSSR count). The maximum Gasteiger partial charge on any atom is 0.309 e. The molecule has 1 aliphatic rings. The fourth-order valence-electron chi connectivity index (χ4n) is 1.85. The van der Waals surface area contributed by atoms with Crippen molar-refractivity contribution >= 4 is 5.97 Å². The van der Waals surface area contributed by atoms with Crippen LogP contribution in [0, 0.1) is 5.92 Å². The van der Waals surface area contributed by atoms with Crippen LogP contribution in [-0.4, -0.2) is 17.4 Å². The van der Waals surface area contributed by atoms with E-state index < -0.39 is 5.79 Å². The standard InChI is InChI=1S/C15H28O4/c1-6-8-9-12(10-11-15(5)18-19-15)13(16)17-14(3,4)7-2/h12H,6-11H2,1-5H3. The fraction of sp³-hybridized carbons (Fsp3) is 0.933. The normalized spacial score (nSPS) is 19.0. The quantitative estimate of drug-likeness (QED) is 0.362. The maximum absolute atomic E-state index is 12.3. The van der Waals surface area contributed by atoms with Gasteiger partial charge in [0.2, 0.25) is 5.79 Å². The number of ether oxygens (including phenoxy) is 1. The summed E-state index contributed by atoms with van der Waals surface area (Å²) in [6.07, 6.45) is 5.34. The lowest BCUT2D eigenvalue weighted by atomic mass is 9.94. The molecule has 1 saturated heterocycles. The summed E-state index contributed by atoms with van der Waals surface area (Å²) in [4.78, 5) is 22.1. The van der Waals surface area contributed by atoms with E-state index in [4.69, 9.17) is 14.5 Å². The van der Waals surface area contributed by atoms with Gasteiger partial charge < -0.3 is 4.74 Å². The minimum absolute atomic E-state index is 0.0459. The molecular weight excluding hydrogens is 244 g/mol. The Kier molecular flexibility index (Phi) is 5.81. The van der Waals surface area contributed by atoms with Crippen LogP contribution in [0.15, 0.2) is 0 Å². The van der Waals surface area contributed by atoms with Crippen molar-refractivity contribution in [2.75, 3.05) is 0 Å². The average Bonchev–Trinajstić information content (AvgIpc) is 3.07. The minimum Gasteiger partial charge on any atom is -0.459 e. The summed E-state index contributed by atoms with van der Waals surface area (Å²) >= 11 is 0. The summed E-state index contributed by atoms with van der Waals surface area (Å²) < 4.78 is 5.61. The van der Waals surface area contributed by atoms with Crippen LogP contribution in [0.4, 0.5) is 0 Å². The Hall–Kier alpha value is -0.610. The van der Waals surface area contributed by atoms with Gasteiger partial charge in [0.05, 0.1) is 5.92 Å². The molecule has 1 atom stereocenters. The van der Waals surface area contributed by atoms with Gasteiger partial charge in [0, 0.05) is 6.42 Å². The lowest BCUT2D eigenvalue weighted by Crippen LogP contribution is -2.31. The first-order valence-corrected chi connectivity index (χ1v) is 7.41. The molecule has 0 bridgehead atoms. The SMILES string of the molecule is CCCCC(CCC1(C)OO1)C(=O)OC(C)(C)CC. The van der Waals surface area contributed by atoms with E-state index in [1.54, 1.807) is 0 Å². The summed E-state index contributed by atoms with van der Waals surface area (Å²) in [6, 6.07) is 0. The van der Waals surface area contributed by atoms with Gasteiger partial charge in [-0.15, -0.1) is 0 Å². The first-order chi connectivity index (χ1) is 8.82. The van der Waals surface area contributed by atoms with Crippen molar-refractivity contribution in [1.82, 2.24) is 0 Å². The molecule has 0 N–H and O–H groups in total. The van der Waals surface area contributed by atoms with Crippen molar-refractivity contribution in [2.45, 2.75) is 84.5 Å². The number of hydrogen-bond donors (Lipinski definition) is 0. The molecule has 1 heterocycles. The smallest absolute Gasteiger partial charge is 0.309 e. The first kappa shape index (κ1) is 16.4. The fourth-order valence-corrected chi connectivity index (χ4v) is 1.85. The number of esters is 1. The van der Waals surface area contributed by atoms with Gasteiger partial charge in [0.25, 0.3) is 0 Å². The van der Waals surface area contributed by atoms with Gasteiger partial charge in [-0.25, -0.2) is 0 Å². The Bertz CT molecular complexity index is 295. The Morgan fingerprint density at radius 2 is 1.89 bits per heavy atom. The third kappa shape index (κ3) is 5.91. The van der Waals surface area contributed by atoms with Gasteiger partial charge in [-0.3, -0.25) is 4.79 Å². The molecule has 0 aromatic heterocycles. The van der Waals surface area contributed by atoms with Crippen molar-refractivity contribution in [3.05, 3.63) is 0 Å². The van der Waals surface area contributed by atoms with Crippen LogP contribution < -0.4 is 0 Å². The number of carbonyl (C=O) groups excluding carboxylic acids is 1. The van der Waals surface area contributed by atoms with Crippen LogP contribution in [0.2, 0.25) is 0 Å². The molecule has 4 heteroatoms. The Morgan fingerprint density at radius 1 is 1.26 bits per heavy atom. The Balaban J connectivity index is 2.48. The van der Waals surface area contributed by atoms with E-state index in [2.05, 4.69) is 6.92 Å². The highest BCUT2D eigenvalue weighted by molar-refractivity contribution is 5.72. The van der Waals surface area contributed by atoms with Gasteiger partial charge in [-0.05, 0) is 40.0 Å². The van der Waals surface area contributed by atoms with E-state index in [9.17, 15) is 4.79 Å². The highest BCUT2D eigenvalue weighted by atomic mass is 17.4. The zero-order chi connectivity index (χ0) is 14.5. The van der Waals surface area contributed by atoms with Crippen molar-refractivity contribution in [2.24, 2.45) is 5.92 Å². The number of rotatable bonds is 9. The second kappa shape index (κ2) is 6.71. The van der Waals surface area contributed by atoms with Gasteiger partial charge in [-0.1, -0.05) is 26.7 Å². The van der Waals surface area contributed by atoms with Gasteiger partial charge in [0.15, 0.2) is 0 Å². The molecule has 0 aromatic carbocycles. The second-order valence-electron chi connectivity index (χ2n) is 6.21. The summed E-state index contributed by atoms with van der Waals surface area (Å²) in [5.74, 6) is -0.592. The third-order valence-corrected chi connectivity index (χ3v) is 3.78. The molecule has 112 valence electrons. The van der Waals surface area contributed by atoms with Crippen LogP contribution in [0.25, 0.3) is 0 Å².